The molecule has 0 amide bonds. The molecule has 1 N–H and O–H groups in total. The third-order valence-electron chi connectivity index (χ3n) is 4.61. The molecule has 0 aliphatic rings. The molecule has 0 spiro atoms. The van der Waals surface area contributed by atoms with Crippen LogP contribution in [0.5, 0.6) is 5.75 Å². The van der Waals surface area contributed by atoms with E-state index in [9.17, 15) is 9.67 Å². The van der Waals surface area contributed by atoms with Crippen molar-refractivity contribution in [1.29, 1.82) is 0 Å². The van der Waals surface area contributed by atoms with Gasteiger partial charge >= 0.3 is 7.60 Å². The molecular weight excluding hydrogens is 347 g/mol. The van der Waals surface area contributed by atoms with E-state index in [2.05, 4.69) is 20.8 Å². The van der Waals surface area contributed by atoms with Crippen LogP contribution in [0.3, 0.4) is 0 Å². The second-order valence-electron chi connectivity index (χ2n) is 7.03. The molecule has 4 nitrogen and oxygen atoms in total. The lowest BCUT2D eigenvalue weighted by molar-refractivity contribution is 0.190. The Morgan fingerprint density at radius 1 is 1.00 bits per heavy atom. The summed E-state index contributed by atoms with van der Waals surface area (Å²) in [5.41, 5.74) is 1.77. The SMILES string of the molecule is CCCCOP(=O)(OCCCC)C(CCCC)Cc1ccc(O)c(C)c1. The maximum Gasteiger partial charge on any atom is 0.334 e. The van der Waals surface area contributed by atoms with Gasteiger partial charge in [-0.1, -0.05) is 58.6 Å². The number of benzene rings is 1. The van der Waals surface area contributed by atoms with Gasteiger partial charge in [0.1, 0.15) is 5.75 Å². The van der Waals surface area contributed by atoms with E-state index in [1.54, 1.807) is 6.07 Å². The third kappa shape index (κ3) is 7.82. The smallest absolute Gasteiger partial charge is 0.334 e. The van der Waals surface area contributed by atoms with Gasteiger partial charge in [0.2, 0.25) is 0 Å². The molecule has 1 aromatic rings. The highest BCUT2D eigenvalue weighted by molar-refractivity contribution is 7.54. The zero-order valence-corrected chi connectivity index (χ0v) is 17.9. The highest BCUT2D eigenvalue weighted by Gasteiger charge is 2.35. The molecule has 0 aliphatic carbocycles. The van der Waals surface area contributed by atoms with Gasteiger partial charge in [0.25, 0.3) is 0 Å². The number of hydrogen-bond donors (Lipinski definition) is 1. The Bertz CT molecular complexity index is 545. The van der Waals surface area contributed by atoms with Gasteiger partial charge in [-0.3, -0.25) is 4.57 Å². The molecule has 0 aromatic heterocycles. The topological polar surface area (TPSA) is 55.8 Å². The van der Waals surface area contributed by atoms with E-state index in [1.165, 1.54) is 0 Å². The second kappa shape index (κ2) is 12.5. The maximum absolute atomic E-state index is 13.6. The summed E-state index contributed by atoms with van der Waals surface area (Å²) in [7, 11) is -3.17. The minimum Gasteiger partial charge on any atom is -0.508 e. The van der Waals surface area contributed by atoms with Crippen molar-refractivity contribution >= 4 is 7.60 Å². The summed E-state index contributed by atoms with van der Waals surface area (Å²) < 4.78 is 25.4. The highest BCUT2D eigenvalue weighted by Crippen LogP contribution is 2.56. The first-order valence-electron chi connectivity index (χ1n) is 10.1. The quantitative estimate of drug-likeness (QED) is 0.289. The zero-order valence-electron chi connectivity index (χ0n) is 17.0. The molecule has 0 aliphatic heterocycles. The first kappa shape index (κ1) is 23.2. The molecular formula is C21H37O4P. The van der Waals surface area contributed by atoms with Gasteiger partial charge in [-0.25, -0.2) is 0 Å². The fraction of sp³-hybridized carbons (Fsp3) is 0.714. The minimum absolute atomic E-state index is 0.139. The van der Waals surface area contributed by atoms with Crippen molar-refractivity contribution in [3.8, 4) is 5.75 Å². The number of hydrogen-bond acceptors (Lipinski definition) is 4. The lowest BCUT2D eigenvalue weighted by atomic mass is 10.0. The van der Waals surface area contributed by atoms with Gasteiger partial charge < -0.3 is 14.2 Å². The fourth-order valence-corrected chi connectivity index (χ4v) is 5.05. The molecule has 150 valence electrons. The highest BCUT2D eigenvalue weighted by atomic mass is 31.2. The number of phenolic OH excluding ortho intramolecular Hbond substituents is 1. The molecule has 1 aromatic carbocycles. The lowest BCUT2D eigenvalue weighted by Crippen LogP contribution is -2.17. The number of phenols is 1. The van der Waals surface area contributed by atoms with Gasteiger partial charge in [-0.2, -0.15) is 0 Å². The van der Waals surface area contributed by atoms with Crippen molar-refractivity contribution in [1.82, 2.24) is 0 Å². The Labute approximate surface area is 159 Å². The predicted octanol–water partition coefficient (Wildman–Crippen LogP) is 6.63. The van der Waals surface area contributed by atoms with Crippen LogP contribution in [0.4, 0.5) is 0 Å². The lowest BCUT2D eigenvalue weighted by Gasteiger charge is -2.27. The van der Waals surface area contributed by atoms with Crippen LogP contribution < -0.4 is 0 Å². The van der Waals surface area contributed by atoms with Crippen LogP contribution in [0.15, 0.2) is 18.2 Å². The maximum atomic E-state index is 13.6. The van der Waals surface area contributed by atoms with Crippen molar-refractivity contribution in [2.45, 2.75) is 84.7 Å². The van der Waals surface area contributed by atoms with Crippen LogP contribution in [-0.2, 0) is 20.0 Å². The van der Waals surface area contributed by atoms with Gasteiger partial charge in [0.05, 0.1) is 18.9 Å². The molecule has 0 radical (unpaired) electrons. The molecule has 5 heteroatoms. The van der Waals surface area contributed by atoms with E-state index in [0.717, 1.165) is 56.1 Å². The molecule has 0 heterocycles. The molecule has 0 bridgehead atoms. The Morgan fingerprint density at radius 2 is 1.58 bits per heavy atom. The van der Waals surface area contributed by atoms with Crippen molar-refractivity contribution in [2.75, 3.05) is 13.2 Å². The number of aromatic hydroxyl groups is 1. The van der Waals surface area contributed by atoms with Crippen molar-refractivity contribution in [3.63, 3.8) is 0 Å². The summed E-state index contributed by atoms with van der Waals surface area (Å²) in [5, 5.41) is 9.76. The van der Waals surface area contributed by atoms with Crippen LogP contribution in [0.25, 0.3) is 0 Å². The predicted molar refractivity (Wildman–Crippen MR) is 109 cm³/mol. The molecule has 1 rings (SSSR count). The van der Waals surface area contributed by atoms with E-state index in [1.807, 2.05) is 19.1 Å². The van der Waals surface area contributed by atoms with Gasteiger partial charge in [0, 0.05) is 0 Å². The molecule has 0 saturated heterocycles. The Morgan fingerprint density at radius 3 is 2.08 bits per heavy atom. The standard InChI is InChI=1S/C21H37O4P/c1-5-8-11-20(17-19-12-13-21(22)18(4)16-19)26(23,24-14-9-6-2)25-15-10-7-3/h12-13,16,20,22H,5-11,14-15,17H2,1-4H3. The Kier molecular flexibility index (Phi) is 11.2. The first-order chi connectivity index (χ1) is 12.5. The molecule has 0 fully saturated rings. The Hall–Kier alpha value is -0.830. The summed E-state index contributed by atoms with van der Waals surface area (Å²) in [6.45, 7) is 9.19. The van der Waals surface area contributed by atoms with Crippen LogP contribution in [-0.4, -0.2) is 24.0 Å². The van der Waals surface area contributed by atoms with Crippen LogP contribution in [0.1, 0.15) is 76.8 Å². The van der Waals surface area contributed by atoms with E-state index >= 15 is 0 Å². The van der Waals surface area contributed by atoms with Crippen LogP contribution >= 0.6 is 7.60 Å². The molecule has 1 atom stereocenters. The number of aryl methyl sites for hydroxylation is 1. The van der Waals surface area contributed by atoms with E-state index in [0.29, 0.717) is 25.4 Å². The van der Waals surface area contributed by atoms with E-state index in [-0.39, 0.29) is 5.66 Å². The number of rotatable bonds is 14. The van der Waals surface area contributed by atoms with Crippen molar-refractivity contribution in [3.05, 3.63) is 29.3 Å². The average Bonchev–Trinajstić information content (AvgIpc) is 2.62. The van der Waals surface area contributed by atoms with Crippen molar-refractivity contribution < 1.29 is 18.7 Å². The summed E-state index contributed by atoms with van der Waals surface area (Å²) in [5.74, 6) is 0.292. The summed E-state index contributed by atoms with van der Waals surface area (Å²) in [6.07, 6.45) is 7.31. The monoisotopic (exact) mass is 384 g/mol. The van der Waals surface area contributed by atoms with Crippen LogP contribution in [0.2, 0.25) is 0 Å². The van der Waals surface area contributed by atoms with Crippen LogP contribution in [0, 0.1) is 6.92 Å². The van der Waals surface area contributed by atoms with E-state index in [4.69, 9.17) is 9.05 Å². The summed E-state index contributed by atoms with van der Waals surface area (Å²) >= 11 is 0. The van der Waals surface area contributed by atoms with Gasteiger partial charge in [0.15, 0.2) is 0 Å². The second-order valence-corrected chi connectivity index (χ2v) is 9.36. The van der Waals surface area contributed by atoms with Gasteiger partial charge in [-0.05, 0) is 49.8 Å². The fourth-order valence-electron chi connectivity index (χ4n) is 2.85. The Balaban J connectivity index is 2.98. The molecule has 26 heavy (non-hydrogen) atoms. The summed E-state index contributed by atoms with van der Waals surface area (Å²) in [6, 6.07) is 5.59. The molecule has 1 unspecified atom stereocenters. The summed E-state index contributed by atoms with van der Waals surface area (Å²) in [4.78, 5) is 0. The van der Waals surface area contributed by atoms with E-state index < -0.39 is 7.60 Å². The largest absolute Gasteiger partial charge is 0.508 e. The molecule has 0 saturated carbocycles. The zero-order chi connectivity index (χ0) is 19.4. The van der Waals surface area contributed by atoms with Crippen molar-refractivity contribution in [2.24, 2.45) is 0 Å². The average molecular weight is 384 g/mol. The first-order valence-corrected chi connectivity index (χ1v) is 11.7. The van der Waals surface area contributed by atoms with Gasteiger partial charge in [-0.15, -0.1) is 0 Å². The third-order valence-corrected chi connectivity index (χ3v) is 7.03. The number of unbranched alkanes of at least 4 members (excludes halogenated alkanes) is 3. The minimum atomic E-state index is -3.17. The normalized spacial score (nSPS) is 13.1.